The van der Waals surface area contributed by atoms with E-state index in [-0.39, 0.29) is 5.41 Å². The average Bonchev–Trinajstić information content (AvgIpc) is 3.13. The second-order valence-corrected chi connectivity index (χ2v) is 13.3. The number of aliphatic hydroxyl groups excluding tert-OH is 1. The molecule has 34 heavy (non-hydrogen) atoms. The largest absolute Gasteiger partial charge is 0.393 e. The molecule has 0 aromatic heterocycles. The predicted molar refractivity (Wildman–Crippen MR) is 134 cm³/mol. The van der Waals surface area contributed by atoms with E-state index in [0.717, 1.165) is 43.4 Å². The lowest BCUT2D eigenvalue weighted by molar-refractivity contribution is -0.146. The van der Waals surface area contributed by atoms with Crippen LogP contribution in [0.15, 0.2) is 9.98 Å². The highest BCUT2D eigenvalue weighted by atomic mass is 16.3. The molecule has 3 unspecified atom stereocenters. The fourth-order valence-corrected chi connectivity index (χ4v) is 9.84. The summed E-state index contributed by atoms with van der Waals surface area (Å²) in [5.74, 6) is 3.86. The van der Waals surface area contributed by atoms with Crippen LogP contribution in [0.3, 0.4) is 0 Å². The highest BCUT2D eigenvalue weighted by molar-refractivity contribution is 5.40. The van der Waals surface area contributed by atoms with E-state index in [1.165, 1.54) is 38.5 Å². The van der Waals surface area contributed by atoms with Gasteiger partial charge >= 0.3 is 0 Å². The van der Waals surface area contributed by atoms with E-state index in [0.29, 0.717) is 29.6 Å². The maximum absolute atomic E-state index is 11.6. The summed E-state index contributed by atoms with van der Waals surface area (Å²) in [4.78, 5) is 31.9. The van der Waals surface area contributed by atoms with Crippen molar-refractivity contribution in [3.05, 3.63) is 0 Å². The molecule has 0 saturated heterocycles. The van der Waals surface area contributed by atoms with Crippen molar-refractivity contribution in [2.45, 2.75) is 123 Å². The Morgan fingerprint density at radius 2 is 1.74 bits per heavy atom. The SMILES string of the molecule is CC(C)CCC[C@@H](C)[C@H]1CC[C@H]2[C@@H]3CC(N=C=O)C4(N=C=O)CC(O)CC[C@]4(C)[C@H]3CC[C@]12C. The van der Waals surface area contributed by atoms with Gasteiger partial charge < -0.3 is 5.11 Å². The van der Waals surface area contributed by atoms with Crippen LogP contribution in [0, 0.1) is 46.3 Å². The summed E-state index contributed by atoms with van der Waals surface area (Å²) < 4.78 is 0. The molecule has 0 spiro atoms. The van der Waals surface area contributed by atoms with Crippen molar-refractivity contribution >= 4 is 12.2 Å². The molecule has 4 fully saturated rings. The Hall–Kier alpha value is -1.28. The summed E-state index contributed by atoms with van der Waals surface area (Å²) in [7, 11) is 0. The van der Waals surface area contributed by atoms with Crippen molar-refractivity contribution in [2.75, 3.05) is 0 Å². The Bertz CT molecular complexity index is 846. The third-order valence-corrected chi connectivity index (χ3v) is 11.5. The molecule has 4 rings (SSSR count). The zero-order chi connectivity index (χ0) is 24.7. The molecular weight excluding hydrogens is 424 g/mol. The first kappa shape index (κ1) is 25.8. The van der Waals surface area contributed by atoms with Gasteiger partial charge in [-0.3, -0.25) is 0 Å². The maximum atomic E-state index is 11.6. The van der Waals surface area contributed by atoms with E-state index in [2.05, 4.69) is 44.6 Å². The van der Waals surface area contributed by atoms with Crippen molar-refractivity contribution in [1.82, 2.24) is 0 Å². The lowest BCUT2D eigenvalue weighted by Gasteiger charge is -2.65. The van der Waals surface area contributed by atoms with Crippen LogP contribution in [-0.4, -0.2) is 35.0 Å². The topological polar surface area (TPSA) is 79.1 Å². The first-order chi connectivity index (χ1) is 16.1. The molecule has 4 saturated carbocycles. The van der Waals surface area contributed by atoms with Crippen LogP contribution < -0.4 is 0 Å². The summed E-state index contributed by atoms with van der Waals surface area (Å²) in [5, 5.41) is 10.6. The van der Waals surface area contributed by atoms with Crippen molar-refractivity contribution in [1.29, 1.82) is 0 Å². The van der Waals surface area contributed by atoms with Gasteiger partial charge in [-0.2, -0.15) is 9.98 Å². The van der Waals surface area contributed by atoms with Crippen molar-refractivity contribution < 1.29 is 14.7 Å². The van der Waals surface area contributed by atoms with E-state index in [4.69, 9.17) is 0 Å². The molecule has 4 aliphatic rings. The third kappa shape index (κ3) is 3.97. The van der Waals surface area contributed by atoms with Gasteiger partial charge in [-0.05, 0) is 91.3 Å². The van der Waals surface area contributed by atoms with Gasteiger partial charge in [0.05, 0.1) is 12.1 Å². The zero-order valence-electron chi connectivity index (χ0n) is 22.1. The number of hydrogen-bond donors (Lipinski definition) is 1. The lowest BCUT2D eigenvalue weighted by atomic mass is 9.41. The molecule has 10 atom stereocenters. The predicted octanol–water partition coefficient (Wildman–Crippen LogP) is 6.24. The van der Waals surface area contributed by atoms with Gasteiger partial charge in [0.2, 0.25) is 12.2 Å². The number of carbonyl (C=O) groups excluding carboxylic acids is 2. The fraction of sp³-hybridized carbons (Fsp3) is 0.931. The molecule has 0 amide bonds. The molecule has 5 heteroatoms. The van der Waals surface area contributed by atoms with Crippen LogP contribution in [0.5, 0.6) is 0 Å². The van der Waals surface area contributed by atoms with Gasteiger partial charge in [-0.15, -0.1) is 0 Å². The van der Waals surface area contributed by atoms with E-state index in [1.54, 1.807) is 0 Å². The Balaban J connectivity index is 1.64. The molecular formula is C29H46N2O3. The van der Waals surface area contributed by atoms with E-state index < -0.39 is 17.7 Å². The number of fused-ring (bicyclic) bond motifs is 5. The zero-order valence-corrected chi connectivity index (χ0v) is 22.1. The summed E-state index contributed by atoms with van der Waals surface area (Å²) in [5.41, 5.74) is -0.743. The number of isocyanates is 2. The second kappa shape index (κ2) is 9.64. The van der Waals surface area contributed by atoms with Crippen LogP contribution in [-0.2, 0) is 9.59 Å². The molecule has 4 aliphatic carbocycles. The third-order valence-electron chi connectivity index (χ3n) is 11.5. The van der Waals surface area contributed by atoms with Crippen LogP contribution >= 0.6 is 0 Å². The Morgan fingerprint density at radius 1 is 0.971 bits per heavy atom. The monoisotopic (exact) mass is 470 g/mol. The average molecular weight is 471 g/mol. The summed E-state index contributed by atoms with van der Waals surface area (Å²) in [6.45, 7) is 12.0. The minimum absolute atomic E-state index is 0.250. The first-order valence-corrected chi connectivity index (χ1v) is 14.0. The van der Waals surface area contributed by atoms with Gasteiger partial charge in [0.15, 0.2) is 0 Å². The first-order valence-electron chi connectivity index (χ1n) is 14.0. The van der Waals surface area contributed by atoms with Gasteiger partial charge in [0.1, 0.15) is 5.54 Å². The Morgan fingerprint density at radius 3 is 2.41 bits per heavy atom. The second-order valence-electron chi connectivity index (χ2n) is 13.3. The molecule has 0 aromatic rings. The number of hydrogen-bond acceptors (Lipinski definition) is 5. The lowest BCUT2D eigenvalue weighted by Crippen LogP contribution is -2.67. The highest BCUT2D eigenvalue weighted by Gasteiger charge is 2.68. The summed E-state index contributed by atoms with van der Waals surface area (Å²) in [6.07, 6.45) is 14.8. The smallest absolute Gasteiger partial charge is 0.235 e. The minimum atomic E-state index is -0.832. The number of aliphatic imine (C=N–C) groups is 2. The molecule has 0 aromatic carbocycles. The molecule has 0 radical (unpaired) electrons. The van der Waals surface area contributed by atoms with Crippen molar-refractivity contribution in [3.8, 4) is 0 Å². The maximum Gasteiger partial charge on any atom is 0.235 e. The Kier molecular flexibility index (Phi) is 7.32. The van der Waals surface area contributed by atoms with Gasteiger partial charge in [0, 0.05) is 6.42 Å². The van der Waals surface area contributed by atoms with Crippen LogP contribution in [0.25, 0.3) is 0 Å². The standard InChI is InChI=1S/C29H46N2O3/c1-19(2)7-6-8-20(3)23-9-10-24-22-15-26(30-17-32)29(31-18-33)16-21(34)11-14-28(29,5)25(22)12-13-27(23,24)4/h19-26,34H,6-16H2,1-5H3/t20-,21?,22+,23-,24+,25+,26?,27-,28-,29?/m1/s1. The van der Waals surface area contributed by atoms with Gasteiger partial charge in [-0.25, -0.2) is 9.59 Å². The molecule has 190 valence electrons. The molecule has 0 heterocycles. The minimum Gasteiger partial charge on any atom is -0.393 e. The number of nitrogens with zero attached hydrogens (tertiary/aromatic N) is 2. The van der Waals surface area contributed by atoms with Crippen LogP contribution in [0.1, 0.15) is 105 Å². The molecule has 1 N–H and O–H groups in total. The summed E-state index contributed by atoms with van der Waals surface area (Å²) in [6, 6.07) is -0.391. The van der Waals surface area contributed by atoms with E-state index >= 15 is 0 Å². The highest BCUT2D eigenvalue weighted by Crippen LogP contribution is 2.70. The van der Waals surface area contributed by atoms with Gasteiger partial charge in [0.25, 0.3) is 0 Å². The van der Waals surface area contributed by atoms with E-state index in [9.17, 15) is 14.7 Å². The number of rotatable bonds is 7. The summed E-state index contributed by atoms with van der Waals surface area (Å²) >= 11 is 0. The molecule has 5 nitrogen and oxygen atoms in total. The van der Waals surface area contributed by atoms with E-state index in [1.807, 2.05) is 12.2 Å². The number of aliphatic hydroxyl groups is 1. The Labute approximate surface area is 206 Å². The van der Waals surface area contributed by atoms with Crippen molar-refractivity contribution in [2.24, 2.45) is 56.3 Å². The molecule has 0 aliphatic heterocycles. The quantitative estimate of drug-likeness (QED) is 0.353. The molecule has 0 bridgehead atoms. The van der Waals surface area contributed by atoms with Crippen LogP contribution in [0.4, 0.5) is 0 Å². The van der Waals surface area contributed by atoms with Gasteiger partial charge in [-0.1, -0.05) is 53.9 Å². The normalized spacial score (nSPS) is 46.4. The van der Waals surface area contributed by atoms with Crippen molar-refractivity contribution in [3.63, 3.8) is 0 Å². The van der Waals surface area contributed by atoms with Crippen LogP contribution in [0.2, 0.25) is 0 Å². The fourth-order valence-electron chi connectivity index (χ4n) is 9.84.